The molecule has 0 spiro atoms. The minimum absolute atomic E-state index is 0.209. The third-order valence-electron chi connectivity index (χ3n) is 3.29. The summed E-state index contributed by atoms with van der Waals surface area (Å²) in [5.41, 5.74) is 0. The summed E-state index contributed by atoms with van der Waals surface area (Å²) in [5.74, 6) is 1.49. The number of para-hydroxylation sites is 1. The molecule has 0 amide bonds. The van der Waals surface area contributed by atoms with E-state index >= 15 is 0 Å². The van der Waals surface area contributed by atoms with Crippen molar-refractivity contribution in [3.05, 3.63) is 30.3 Å². The molecular weight excluding hydrogens is 210 g/mol. The summed E-state index contributed by atoms with van der Waals surface area (Å²) >= 11 is 0. The molecule has 0 bridgehead atoms. The summed E-state index contributed by atoms with van der Waals surface area (Å²) < 4.78 is 5.95. The monoisotopic (exact) mass is 229 g/mol. The van der Waals surface area contributed by atoms with E-state index in [0.717, 1.165) is 18.7 Å². The van der Waals surface area contributed by atoms with Crippen LogP contribution in [0.15, 0.2) is 30.3 Å². The second-order valence-electron chi connectivity index (χ2n) is 4.88. The smallest absolute Gasteiger partial charge is 0.119 e. The second kappa shape index (κ2) is 5.14. The second-order valence-corrected chi connectivity index (χ2v) is 4.88. The maximum absolute atomic E-state index is 5.95. The van der Waals surface area contributed by atoms with Gasteiger partial charge in [0, 0.05) is 18.5 Å². The van der Waals surface area contributed by atoms with Crippen LogP contribution in [-0.2, 0) is 0 Å². The molecule has 2 nitrogen and oxygen atoms in total. The number of nitrogens with zero attached hydrogens (tertiary/aromatic N) is 1. The molecule has 2 rings (SSSR count). The van der Waals surface area contributed by atoms with Crippen LogP contribution >= 0.6 is 0 Å². The van der Waals surface area contributed by atoms with Gasteiger partial charge in [0.15, 0.2) is 0 Å². The maximum Gasteiger partial charge on any atom is 0.119 e. The quantitative estimate of drug-likeness (QED) is 0.739. The fourth-order valence-electron chi connectivity index (χ4n) is 2.38. The highest BCUT2D eigenvalue weighted by molar-refractivity contribution is 5.21. The predicted molar refractivity (Wildman–Crippen MR) is 69.6 cm³/mol. The number of terminal acetylenes is 1. The topological polar surface area (TPSA) is 12.5 Å². The van der Waals surface area contributed by atoms with Gasteiger partial charge in [-0.25, -0.2) is 0 Å². The van der Waals surface area contributed by atoms with Gasteiger partial charge >= 0.3 is 0 Å². The van der Waals surface area contributed by atoms with Crippen molar-refractivity contribution >= 4 is 0 Å². The summed E-state index contributed by atoms with van der Waals surface area (Å²) in [5, 5.41) is 0. The first-order chi connectivity index (χ1) is 8.20. The van der Waals surface area contributed by atoms with Crippen LogP contribution in [0.2, 0.25) is 0 Å². The third kappa shape index (κ3) is 2.74. The Kier molecular flexibility index (Phi) is 3.58. The van der Waals surface area contributed by atoms with Crippen molar-refractivity contribution in [2.45, 2.75) is 32.4 Å². The number of likely N-dealkylation sites (tertiary alicyclic amines) is 1. The molecule has 0 saturated carbocycles. The Morgan fingerprint density at radius 2 is 2.06 bits per heavy atom. The fourth-order valence-corrected chi connectivity index (χ4v) is 2.38. The Morgan fingerprint density at radius 3 is 2.59 bits per heavy atom. The summed E-state index contributed by atoms with van der Waals surface area (Å²) in [6.07, 6.45) is 6.76. The van der Waals surface area contributed by atoms with Crippen LogP contribution in [0, 0.1) is 18.4 Å². The first-order valence-electron chi connectivity index (χ1n) is 6.15. The van der Waals surface area contributed by atoms with Gasteiger partial charge in [-0.1, -0.05) is 38.5 Å². The lowest BCUT2D eigenvalue weighted by Gasteiger charge is -2.22. The fraction of sp³-hybridized carbons (Fsp3) is 0.467. The van der Waals surface area contributed by atoms with Gasteiger partial charge < -0.3 is 9.64 Å². The number of hydrogen-bond donors (Lipinski definition) is 0. The lowest BCUT2D eigenvalue weighted by molar-refractivity contribution is 0.213. The highest BCUT2D eigenvalue weighted by Crippen LogP contribution is 2.26. The molecule has 0 N–H and O–H groups in total. The normalized spacial score (nSPS) is 23.8. The average molecular weight is 229 g/mol. The van der Waals surface area contributed by atoms with E-state index in [1.807, 2.05) is 30.3 Å². The van der Waals surface area contributed by atoms with E-state index in [1.54, 1.807) is 0 Å². The minimum atomic E-state index is 0.209. The van der Waals surface area contributed by atoms with Gasteiger partial charge in [-0.2, -0.15) is 0 Å². The van der Waals surface area contributed by atoms with Crippen molar-refractivity contribution < 1.29 is 4.74 Å². The Balaban J connectivity index is 1.99. The van der Waals surface area contributed by atoms with E-state index in [2.05, 4.69) is 24.8 Å². The van der Waals surface area contributed by atoms with E-state index in [-0.39, 0.29) is 6.10 Å². The van der Waals surface area contributed by atoms with Crippen LogP contribution in [0.5, 0.6) is 5.75 Å². The largest absolute Gasteiger partial charge is 0.488 e. The molecule has 90 valence electrons. The van der Waals surface area contributed by atoms with Gasteiger partial charge in [0.1, 0.15) is 11.9 Å². The van der Waals surface area contributed by atoms with Gasteiger partial charge in [0.05, 0.1) is 6.54 Å². The molecule has 2 unspecified atom stereocenters. The third-order valence-corrected chi connectivity index (χ3v) is 3.29. The molecule has 0 radical (unpaired) electrons. The zero-order chi connectivity index (χ0) is 12.3. The molecule has 1 aliphatic rings. The van der Waals surface area contributed by atoms with Gasteiger partial charge in [-0.15, -0.1) is 0 Å². The Morgan fingerprint density at radius 1 is 1.35 bits per heavy atom. The van der Waals surface area contributed by atoms with Gasteiger partial charge in [0.2, 0.25) is 0 Å². The molecule has 1 aromatic rings. The van der Waals surface area contributed by atoms with Gasteiger partial charge in [-0.05, 0) is 18.1 Å². The SMILES string of the molecule is C#CN1CC(Oc2ccccc2)CC1C(C)C. The van der Waals surface area contributed by atoms with Crippen LogP contribution < -0.4 is 4.74 Å². The van der Waals surface area contributed by atoms with E-state index in [1.165, 1.54) is 0 Å². The molecule has 2 atom stereocenters. The van der Waals surface area contributed by atoms with Crippen LogP contribution in [0.3, 0.4) is 0 Å². The molecular formula is C15H19NO. The van der Waals surface area contributed by atoms with E-state index in [0.29, 0.717) is 12.0 Å². The van der Waals surface area contributed by atoms with E-state index in [4.69, 9.17) is 11.2 Å². The maximum atomic E-state index is 5.95. The average Bonchev–Trinajstić information content (AvgIpc) is 2.73. The van der Waals surface area contributed by atoms with Crippen molar-refractivity contribution in [2.75, 3.05) is 6.54 Å². The lowest BCUT2D eigenvalue weighted by Crippen LogP contribution is -2.29. The standard InChI is InChI=1S/C15H19NO/c1-4-16-11-14(10-15(16)12(2)3)17-13-8-6-5-7-9-13/h1,5-9,12,14-15H,10-11H2,2-3H3. The minimum Gasteiger partial charge on any atom is -0.488 e. The van der Waals surface area contributed by atoms with Crippen molar-refractivity contribution in [3.8, 4) is 18.2 Å². The Bertz CT molecular complexity index is 393. The number of benzene rings is 1. The highest BCUT2D eigenvalue weighted by atomic mass is 16.5. The molecule has 0 aromatic heterocycles. The zero-order valence-electron chi connectivity index (χ0n) is 10.5. The van der Waals surface area contributed by atoms with Crippen molar-refractivity contribution in [2.24, 2.45) is 5.92 Å². The first-order valence-corrected chi connectivity index (χ1v) is 6.15. The zero-order valence-corrected chi connectivity index (χ0v) is 10.5. The summed E-state index contributed by atoms with van der Waals surface area (Å²) in [6.45, 7) is 5.24. The number of ether oxygens (including phenoxy) is 1. The van der Waals surface area contributed by atoms with Crippen molar-refractivity contribution in [3.63, 3.8) is 0 Å². The molecule has 2 heteroatoms. The van der Waals surface area contributed by atoms with Crippen molar-refractivity contribution in [1.29, 1.82) is 0 Å². The van der Waals surface area contributed by atoms with Crippen LogP contribution in [-0.4, -0.2) is 23.6 Å². The number of hydrogen-bond acceptors (Lipinski definition) is 2. The van der Waals surface area contributed by atoms with Crippen LogP contribution in [0.1, 0.15) is 20.3 Å². The van der Waals surface area contributed by atoms with Gasteiger partial charge in [0.25, 0.3) is 0 Å². The molecule has 1 aromatic carbocycles. The molecule has 17 heavy (non-hydrogen) atoms. The molecule has 1 heterocycles. The van der Waals surface area contributed by atoms with E-state index < -0.39 is 0 Å². The Labute approximate surface area is 104 Å². The molecule has 0 aliphatic carbocycles. The molecule has 1 fully saturated rings. The summed E-state index contributed by atoms with van der Waals surface area (Å²) in [7, 11) is 0. The van der Waals surface area contributed by atoms with Crippen LogP contribution in [0.25, 0.3) is 0 Å². The number of rotatable bonds is 3. The lowest BCUT2D eigenvalue weighted by atomic mass is 10.0. The predicted octanol–water partition coefficient (Wildman–Crippen LogP) is 2.76. The molecule has 1 saturated heterocycles. The van der Waals surface area contributed by atoms with Crippen molar-refractivity contribution in [1.82, 2.24) is 4.90 Å². The van der Waals surface area contributed by atoms with E-state index in [9.17, 15) is 0 Å². The highest BCUT2D eigenvalue weighted by Gasteiger charge is 2.33. The summed E-state index contributed by atoms with van der Waals surface area (Å²) in [6, 6.07) is 13.2. The molecule has 1 aliphatic heterocycles. The van der Waals surface area contributed by atoms with Gasteiger partial charge in [-0.3, -0.25) is 0 Å². The van der Waals surface area contributed by atoms with Crippen LogP contribution in [0.4, 0.5) is 0 Å². The Hall–Kier alpha value is -1.62. The first kappa shape index (κ1) is 11.9. The summed E-state index contributed by atoms with van der Waals surface area (Å²) in [4.78, 5) is 2.07.